The van der Waals surface area contributed by atoms with Crippen LogP contribution in [0.2, 0.25) is 0 Å². The Hall–Kier alpha value is -3.87. The van der Waals surface area contributed by atoms with Crippen molar-refractivity contribution >= 4 is 11.6 Å². The predicted molar refractivity (Wildman–Crippen MR) is 131 cm³/mol. The van der Waals surface area contributed by atoms with Crippen LogP contribution in [0.4, 0.5) is 5.82 Å². The summed E-state index contributed by atoms with van der Waals surface area (Å²) in [4.78, 5) is 23.5. The molecule has 0 bridgehead atoms. The minimum atomic E-state index is -0.0538. The van der Waals surface area contributed by atoms with E-state index in [0.29, 0.717) is 23.6 Å². The molecule has 1 aromatic heterocycles. The van der Waals surface area contributed by atoms with Crippen molar-refractivity contribution in [2.75, 3.05) is 40.2 Å². The quantitative estimate of drug-likeness (QED) is 0.364. The molecule has 0 atom stereocenters. The third-order valence-electron chi connectivity index (χ3n) is 5.26. The first kappa shape index (κ1) is 23.8. The van der Waals surface area contributed by atoms with E-state index in [4.69, 9.17) is 9.47 Å². The van der Waals surface area contributed by atoms with E-state index in [-0.39, 0.29) is 11.8 Å². The highest BCUT2D eigenvalue weighted by Gasteiger charge is 2.10. The topological polar surface area (TPSA) is 76.6 Å². The molecule has 1 N–H and O–H groups in total. The molecule has 3 rings (SSSR count). The zero-order chi connectivity index (χ0) is 23.8. The third-order valence-corrected chi connectivity index (χ3v) is 5.26. The lowest BCUT2D eigenvalue weighted by Gasteiger charge is -2.12. The van der Waals surface area contributed by atoms with E-state index >= 15 is 0 Å². The van der Waals surface area contributed by atoms with Crippen LogP contribution in [0, 0.1) is 0 Å². The normalized spacial score (nSPS) is 11.1. The van der Waals surface area contributed by atoms with Crippen LogP contribution in [-0.4, -0.2) is 55.5 Å². The maximum Gasteiger partial charge on any atom is 0.318 e. The first-order chi connectivity index (χ1) is 15.9. The first-order valence-corrected chi connectivity index (χ1v) is 10.7. The Labute approximate surface area is 195 Å². The van der Waals surface area contributed by atoms with Crippen LogP contribution < -0.4 is 14.8 Å². The first-order valence-electron chi connectivity index (χ1n) is 10.7. The van der Waals surface area contributed by atoms with E-state index in [9.17, 15) is 4.79 Å². The number of hydrogen-bond donors (Lipinski definition) is 1. The van der Waals surface area contributed by atoms with Crippen LogP contribution in [-0.2, 0) is 6.42 Å². The third kappa shape index (κ3) is 6.55. The van der Waals surface area contributed by atoms with Crippen LogP contribution in [0.1, 0.15) is 22.8 Å². The lowest BCUT2D eigenvalue weighted by Crippen LogP contribution is -2.10. The van der Waals surface area contributed by atoms with E-state index in [1.807, 2.05) is 74.4 Å². The fourth-order valence-corrected chi connectivity index (χ4v) is 3.12. The van der Waals surface area contributed by atoms with Gasteiger partial charge in [-0.15, -0.1) is 0 Å². The molecule has 0 radical (unpaired) electrons. The Kier molecular flexibility index (Phi) is 8.02. The number of rotatable bonds is 10. The zero-order valence-corrected chi connectivity index (χ0v) is 19.8. The molecule has 0 spiro atoms. The Morgan fingerprint density at radius 1 is 1.03 bits per heavy atom. The minimum Gasteiger partial charge on any atom is -0.497 e. The summed E-state index contributed by atoms with van der Waals surface area (Å²) >= 11 is 0. The molecule has 0 saturated heterocycles. The van der Waals surface area contributed by atoms with Gasteiger partial charge in [0.2, 0.25) is 0 Å². The van der Waals surface area contributed by atoms with Crippen LogP contribution in [0.15, 0.2) is 66.4 Å². The molecule has 0 aliphatic carbocycles. The van der Waals surface area contributed by atoms with Gasteiger partial charge in [0.15, 0.2) is 5.78 Å². The molecule has 0 fully saturated rings. The van der Waals surface area contributed by atoms with Crippen molar-refractivity contribution < 1.29 is 14.3 Å². The van der Waals surface area contributed by atoms with Crippen LogP contribution >= 0.6 is 0 Å². The summed E-state index contributed by atoms with van der Waals surface area (Å²) in [6.07, 6.45) is 2.46. The van der Waals surface area contributed by atoms with E-state index in [1.165, 1.54) is 12.7 Å². The molecule has 1 heterocycles. The number of benzene rings is 2. The number of anilines is 1. The summed E-state index contributed by atoms with van der Waals surface area (Å²) in [6, 6.07) is 17.5. The Morgan fingerprint density at radius 3 is 2.45 bits per heavy atom. The number of methoxy groups -OCH3 is 2. The van der Waals surface area contributed by atoms with Crippen molar-refractivity contribution in [3.05, 3.63) is 77.5 Å². The number of ketones is 1. The largest absolute Gasteiger partial charge is 0.497 e. The standard InChI is InChI=1S/C26H30N4O3/c1-18(30(2)3)15-24(31)21-8-6-7-20(16-21)23-17-25(29-26(28-23)33-5)27-14-13-19-9-11-22(32-4)12-10-19/h6-12,15-17H,13-14H2,1-5H3,(H,27,28,29)/b18-15-. The average Bonchev–Trinajstić information content (AvgIpc) is 2.84. The number of nitrogens with one attached hydrogen (secondary N) is 1. The fourth-order valence-electron chi connectivity index (χ4n) is 3.12. The predicted octanol–water partition coefficient (Wildman–Crippen LogP) is 4.46. The minimum absolute atomic E-state index is 0.0538. The van der Waals surface area contributed by atoms with Gasteiger partial charge in [0.05, 0.1) is 19.9 Å². The number of aromatic nitrogens is 2. The second-order valence-corrected chi connectivity index (χ2v) is 7.78. The molecular formula is C26H30N4O3. The molecule has 2 aromatic carbocycles. The molecule has 7 nitrogen and oxygen atoms in total. The smallest absolute Gasteiger partial charge is 0.318 e. The average molecular weight is 447 g/mol. The fraction of sp³-hybridized carbons (Fsp3) is 0.269. The molecule has 0 amide bonds. The molecule has 3 aromatic rings. The summed E-state index contributed by atoms with van der Waals surface area (Å²) in [6.45, 7) is 2.60. The second-order valence-electron chi connectivity index (χ2n) is 7.78. The summed E-state index contributed by atoms with van der Waals surface area (Å²) < 4.78 is 10.5. The molecule has 0 saturated carbocycles. The van der Waals surface area contributed by atoms with E-state index in [0.717, 1.165) is 23.4 Å². The van der Waals surface area contributed by atoms with Crippen LogP contribution in [0.3, 0.4) is 0 Å². The van der Waals surface area contributed by atoms with Crippen molar-refractivity contribution in [1.82, 2.24) is 14.9 Å². The second kappa shape index (κ2) is 11.1. The highest BCUT2D eigenvalue weighted by molar-refractivity contribution is 6.05. The molecule has 0 aliphatic rings. The zero-order valence-electron chi connectivity index (χ0n) is 19.8. The highest BCUT2D eigenvalue weighted by atomic mass is 16.5. The number of carbonyl (C=O) groups excluding carboxylic acids is 1. The van der Waals surface area contributed by atoms with Gasteiger partial charge < -0.3 is 19.7 Å². The van der Waals surface area contributed by atoms with Gasteiger partial charge >= 0.3 is 6.01 Å². The molecule has 172 valence electrons. The maximum atomic E-state index is 12.7. The van der Waals surface area contributed by atoms with Gasteiger partial charge in [-0.25, -0.2) is 0 Å². The van der Waals surface area contributed by atoms with Crippen LogP contribution in [0.5, 0.6) is 11.8 Å². The SMILES string of the molecule is COc1ccc(CCNc2cc(-c3cccc(C(=O)/C=C(/C)N(C)C)c3)nc(OC)n2)cc1. The molecule has 33 heavy (non-hydrogen) atoms. The summed E-state index contributed by atoms with van der Waals surface area (Å²) in [7, 11) is 7.01. The summed E-state index contributed by atoms with van der Waals surface area (Å²) in [5.74, 6) is 1.44. The summed E-state index contributed by atoms with van der Waals surface area (Å²) in [5.41, 5.74) is 4.17. The Balaban J connectivity index is 1.77. The van der Waals surface area contributed by atoms with Crippen molar-refractivity contribution in [3.63, 3.8) is 0 Å². The Bertz CT molecular complexity index is 1120. The van der Waals surface area contributed by atoms with Gasteiger partial charge in [0, 0.05) is 49.6 Å². The molecule has 7 heteroatoms. The summed E-state index contributed by atoms with van der Waals surface area (Å²) in [5, 5.41) is 3.34. The van der Waals surface area contributed by atoms with Gasteiger partial charge in [-0.3, -0.25) is 4.79 Å². The molecular weight excluding hydrogens is 416 g/mol. The van der Waals surface area contributed by atoms with Gasteiger partial charge in [0.1, 0.15) is 11.6 Å². The monoisotopic (exact) mass is 446 g/mol. The van der Waals surface area contributed by atoms with Crippen molar-refractivity contribution in [1.29, 1.82) is 0 Å². The molecule has 0 aliphatic heterocycles. The number of hydrogen-bond acceptors (Lipinski definition) is 7. The van der Waals surface area contributed by atoms with Crippen LogP contribution in [0.25, 0.3) is 11.3 Å². The van der Waals surface area contributed by atoms with E-state index < -0.39 is 0 Å². The lowest BCUT2D eigenvalue weighted by atomic mass is 10.0. The van der Waals surface area contributed by atoms with Crippen molar-refractivity contribution in [2.45, 2.75) is 13.3 Å². The number of nitrogens with zero attached hydrogens (tertiary/aromatic N) is 3. The number of carbonyl (C=O) groups is 1. The Morgan fingerprint density at radius 2 is 1.79 bits per heavy atom. The highest BCUT2D eigenvalue weighted by Crippen LogP contribution is 2.24. The van der Waals surface area contributed by atoms with E-state index in [2.05, 4.69) is 15.3 Å². The number of allylic oxidation sites excluding steroid dienone is 2. The van der Waals surface area contributed by atoms with E-state index in [1.54, 1.807) is 19.3 Å². The molecule has 0 unspecified atom stereocenters. The van der Waals surface area contributed by atoms with Crippen molar-refractivity contribution in [2.24, 2.45) is 0 Å². The van der Waals surface area contributed by atoms with Gasteiger partial charge in [-0.05, 0) is 37.1 Å². The van der Waals surface area contributed by atoms with Gasteiger partial charge in [-0.2, -0.15) is 9.97 Å². The van der Waals surface area contributed by atoms with Crippen molar-refractivity contribution in [3.8, 4) is 23.0 Å². The van der Waals surface area contributed by atoms with Gasteiger partial charge in [-0.1, -0.05) is 30.3 Å². The van der Waals surface area contributed by atoms with Gasteiger partial charge in [0.25, 0.3) is 0 Å². The lowest BCUT2D eigenvalue weighted by molar-refractivity contribution is 0.104. The maximum absolute atomic E-state index is 12.7. The number of ether oxygens (including phenoxy) is 2.